The molecule has 0 saturated heterocycles. The minimum atomic E-state index is 1.00. The van der Waals surface area contributed by atoms with Gasteiger partial charge in [-0.1, -0.05) is 146 Å². The van der Waals surface area contributed by atoms with Gasteiger partial charge in [-0.3, -0.25) is 0 Å². The number of para-hydroxylation sites is 1. The van der Waals surface area contributed by atoms with Crippen molar-refractivity contribution in [2.75, 3.05) is 4.90 Å². The van der Waals surface area contributed by atoms with Crippen LogP contribution in [0.1, 0.15) is 48.8 Å². The molecule has 1 heterocycles. The summed E-state index contributed by atoms with van der Waals surface area (Å²) < 4.78 is 2.48. The van der Waals surface area contributed by atoms with E-state index in [0.29, 0.717) is 0 Å². The van der Waals surface area contributed by atoms with Crippen molar-refractivity contribution >= 4 is 55.6 Å². The Balaban J connectivity index is 1.04. The predicted molar refractivity (Wildman–Crippen MR) is 248 cm³/mol. The van der Waals surface area contributed by atoms with Crippen molar-refractivity contribution in [3.63, 3.8) is 0 Å². The molecule has 0 atom stereocenters. The van der Waals surface area contributed by atoms with Gasteiger partial charge in [0.15, 0.2) is 0 Å². The third kappa shape index (κ3) is 6.04. The smallest absolute Gasteiger partial charge is 0.0568 e. The summed E-state index contributed by atoms with van der Waals surface area (Å²) in [6, 6.07) is 54.3. The van der Waals surface area contributed by atoms with Gasteiger partial charge >= 0.3 is 0 Å². The highest BCUT2D eigenvalue weighted by Crippen LogP contribution is 2.46. The van der Waals surface area contributed by atoms with E-state index in [4.69, 9.17) is 0 Å². The lowest BCUT2D eigenvalue weighted by atomic mass is 9.90. The van der Waals surface area contributed by atoms with Crippen LogP contribution < -0.4 is 4.90 Å². The summed E-state index contributed by atoms with van der Waals surface area (Å²) in [7, 11) is 0. The number of nitrogens with zero attached hydrogens (tertiary/aromatic N) is 2. The van der Waals surface area contributed by atoms with Crippen LogP contribution in [-0.2, 0) is 6.42 Å². The van der Waals surface area contributed by atoms with E-state index < -0.39 is 0 Å². The normalized spacial score (nSPS) is 14.8. The zero-order valence-electron chi connectivity index (χ0n) is 32.6. The van der Waals surface area contributed by atoms with Crippen LogP contribution in [0.4, 0.5) is 11.4 Å². The summed E-state index contributed by atoms with van der Waals surface area (Å²) in [5.74, 6) is 0. The Morgan fingerprint density at radius 1 is 0.500 bits per heavy atom. The molecule has 0 bridgehead atoms. The van der Waals surface area contributed by atoms with E-state index in [1.807, 2.05) is 0 Å². The fourth-order valence-corrected chi connectivity index (χ4v) is 9.43. The highest BCUT2D eigenvalue weighted by Gasteiger charge is 2.26. The molecule has 0 amide bonds. The summed E-state index contributed by atoms with van der Waals surface area (Å²) in [5, 5.41) is 5.15. The van der Waals surface area contributed by atoms with Crippen molar-refractivity contribution in [2.45, 2.75) is 38.5 Å². The number of hydrogen-bond acceptors (Lipinski definition) is 1. The molecule has 7 aromatic carbocycles. The van der Waals surface area contributed by atoms with Crippen LogP contribution in [0.5, 0.6) is 0 Å². The second kappa shape index (κ2) is 14.6. The van der Waals surface area contributed by atoms with Crippen LogP contribution in [0.2, 0.25) is 0 Å². The molecule has 3 aliphatic carbocycles. The van der Waals surface area contributed by atoms with Gasteiger partial charge in [-0.25, -0.2) is 0 Å². The monoisotopic (exact) mass is 744 g/mol. The van der Waals surface area contributed by atoms with Crippen LogP contribution >= 0.6 is 0 Å². The maximum Gasteiger partial charge on any atom is 0.0568 e. The van der Waals surface area contributed by atoms with Crippen LogP contribution in [0.3, 0.4) is 0 Å². The number of fused-ring (bicyclic) bond motifs is 6. The van der Waals surface area contributed by atoms with Gasteiger partial charge in [0.25, 0.3) is 0 Å². The molecule has 3 aliphatic rings. The zero-order chi connectivity index (χ0) is 38.4. The molecular formula is C56H44N2. The second-order valence-corrected chi connectivity index (χ2v) is 15.8. The van der Waals surface area contributed by atoms with Crippen molar-refractivity contribution < 1.29 is 0 Å². The molecule has 0 spiro atoms. The van der Waals surface area contributed by atoms with Gasteiger partial charge < -0.3 is 9.47 Å². The second-order valence-electron chi connectivity index (χ2n) is 15.8. The maximum absolute atomic E-state index is 2.52. The van der Waals surface area contributed by atoms with E-state index >= 15 is 0 Å². The lowest BCUT2D eigenvalue weighted by Gasteiger charge is -2.31. The topological polar surface area (TPSA) is 8.17 Å². The molecular weight excluding hydrogens is 701 g/mol. The largest absolute Gasteiger partial charge is 0.310 e. The molecule has 0 aliphatic heterocycles. The van der Waals surface area contributed by atoms with E-state index in [0.717, 1.165) is 44.2 Å². The van der Waals surface area contributed by atoms with Crippen LogP contribution in [-0.4, -0.2) is 4.57 Å². The lowest BCUT2D eigenvalue weighted by Crippen LogP contribution is -2.19. The minimum Gasteiger partial charge on any atom is -0.310 e. The molecule has 0 unspecified atom stereocenters. The van der Waals surface area contributed by atoms with E-state index in [9.17, 15) is 0 Å². The highest BCUT2D eigenvalue weighted by molar-refractivity contribution is 6.15. The van der Waals surface area contributed by atoms with E-state index in [2.05, 4.69) is 204 Å². The van der Waals surface area contributed by atoms with Gasteiger partial charge in [0.1, 0.15) is 0 Å². The van der Waals surface area contributed by atoms with Crippen molar-refractivity contribution in [3.8, 4) is 27.9 Å². The van der Waals surface area contributed by atoms with Gasteiger partial charge in [-0.05, 0) is 142 Å². The van der Waals surface area contributed by atoms with Crippen molar-refractivity contribution in [1.29, 1.82) is 0 Å². The number of aromatic nitrogens is 1. The number of allylic oxidation sites excluding steroid dienone is 8. The molecule has 0 N–H and O–H groups in total. The van der Waals surface area contributed by atoms with Gasteiger partial charge in [0, 0.05) is 27.8 Å². The minimum absolute atomic E-state index is 1.00. The Morgan fingerprint density at radius 3 is 1.98 bits per heavy atom. The van der Waals surface area contributed by atoms with Crippen molar-refractivity contribution in [3.05, 3.63) is 211 Å². The summed E-state index contributed by atoms with van der Waals surface area (Å²) in [6.07, 6.45) is 24.9. The highest BCUT2D eigenvalue weighted by atomic mass is 15.2. The molecule has 2 heteroatoms. The Hall–Kier alpha value is -6.90. The quantitative estimate of drug-likeness (QED) is 0.158. The Bertz CT molecular complexity index is 3020. The molecule has 11 rings (SSSR count). The molecule has 278 valence electrons. The van der Waals surface area contributed by atoms with Gasteiger partial charge in [-0.15, -0.1) is 0 Å². The number of anilines is 2. The molecule has 0 radical (unpaired) electrons. The molecule has 1 aromatic heterocycles. The van der Waals surface area contributed by atoms with E-state index in [-0.39, 0.29) is 0 Å². The molecule has 2 nitrogen and oxygen atoms in total. The van der Waals surface area contributed by atoms with Crippen LogP contribution in [0, 0.1) is 0 Å². The fraction of sp³-hybridized carbons (Fsp3) is 0.107. The summed E-state index contributed by atoms with van der Waals surface area (Å²) >= 11 is 0. The van der Waals surface area contributed by atoms with E-state index in [1.165, 1.54) is 94.2 Å². The zero-order valence-corrected chi connectivity index (χ0v) is 32.6. The molecule has 8 aromatic rings. The first-order chi connectivity index (χ1) is 28.8. The fourth-order valence-electron chi connectivity index (χ4n) is 9.43. The first-order valence-corrected chi connectivity index (χ1v) is 20.9. The Kier molecular flexibility index (Phi) is 8.62. The standard InChI is InChI=1S/C56H44N2/c1-3-13-39(14-4-1)41-23-25-42(26-24-41)43-29-33-48(34-30-43)57(47-17-5-2-6-18-47)54-38-55-56(51-20-10-9-19-50(51)54)52-21-11-12-22-53(52)58(55)49-35-31-44(32-36-49)46-28-27-40-15-7-8-16-45(40)37-46/h1,3,5,7-8,10-13,15-18,20-38H,2,4,6,9,14,19H2. The maximum atomic E-state index is 2.52. The van der Waals surface area contributed by atoms with Gasteiger partial charge in [0.05, 0.1) is 16.7 Å². The third-order valence-electron chi connectivity index (χ3n) is 12.3. The number of hydrogen-bond donors (Lipinski definition) is 0. The summed E-state index contributed by atoms with van der Waals surface area (Å²) in [5.41, 5.74) is 17.7. The average Bonchev–Trinajstić information content (AvgIpc) is 3.64. The lowest BCUT2D eigenvalue weighted by molar-refractivity contribution is 0.965. The Labute approximate surface area is 340 Å². The number of benzene rings is 7. The Morgan fingerprint density at radius 2 is 1.19 bits per heavy atom. The molecule has 0 fully saturated rings. The van der Waals surface area contributed by atoms with Crippen LogP contribution in [0.25, 0.3) is 72.2 Å². The molecule has 0 saturated carbocycles. The van der Waals surface area contributed by atoms with Gasteiger partial charge in [-0.2, -0.15) is 0 Å². The first kappa shape index (κ1) is 34.4. The van der Waals surface area contributed by atoms with Crippen LogP contribution in [0.15, 0.2) is 194 Å². The number of rotatable bonds is 7. The van der Waals surface area contributed by atoms with E-state index in [1.54, 1.807) is 0 Å². The molecule has 58 heavy (non-hydrogen) atoms. The van der Waals surface area contributed by atoms with Crippen molar-refractivity contribution in [2.24, 2.45) is 0 Å². The van der Waals surface area contributed by atoms with Gasteiger partial charge in [0.2, 0.25) is 0 Å². The van der Waals surface area contributed by atoms with Crippen molar-refractivity contribution in [1.82, 2.24) is 4.57 Å². The predicted octanol–water partition coefficient (Wildman–Crippen LogP) is 15.3. The third-order valence-corrected chi connectivity index (χ3v) is 12.3. The first-order valence-electron chi connectivity index (χ1n) is 20.9. The average molecular weight is 745 g/mol. The summed E-state index contributed by atoms with van der Waals surface area (Å²) in [6.45, 7) is 0. The summed E-state index contributed by atoms with van der Waals surface area (Å²) in [4.78, 5) is 2.52. The SMILES string of the molecule is C1=CCCC(c2ccc(-c3ccc(N(C4=CCCC=C4)c4cc5c(c6c4CCC=C6)c4ccccc4n5-c4ccc(-c5ccc6ccccc6c5)cc4)cc3)cc2)=C1.